The molecule has 0 saturated heterocycles. The van der Waals surface area contributed by atoms with Gasteiger partial charge in [0.2, 0.25) is 0 Å². The lowest BCUT2D eigenvalue weighted by Crippen LogP contribution is -2.15. The Morgan fingerprint density at radius 1 is 1.08 bits per heavy atom. The van der Waals surface area contributed by atoms with Crippen molar-refractivity contribution in [2.45, 2.75) is 34.1 Å². The summed E-state index contributed by atoms with van der Waals surface area (Å²) < 4.78 is 1.69. The number of hydrogen-bond donors (Lipinski definition) is 1. The van der Waals surface area contributed by atoms with Gasteiger partial charge in [-0.2, -0.15) is 0 Å². The van der Waals surface area contributed by atoms with Gasteiger partial charge >= 0.3 is 0 Å². The molecule has 0 radical (unpaired) electrons. The zero-order chi connectivity index (χ0) is 18.0. The van der Waals surface area contributed by atoms with Crippen molar-refractivity contribution in [1.82, 2.24) is 15.0 Å². The van der Waals surface area contributed by atoms with Gasteiger partial charge in [0.25, 0.3) is 5.91 Å². The summed E-state index contributed by atoms with van der Waals surface area (Å²) >= 11 is 0. The van der Waals surface area contributed by atoms with Crippen LogP contribution in [-0.2, 0) is 6.42 Å². The Hall–Kier alpha value is -2.95. The van der Waals surface area contributed by atoms with Crippen LogP contribution in [0.4, 0.5) is 5.69 Å². The first-order valence-electron chi connectivity index (χ1n) is 8.40. The van der Waals surface area contributed by atoms with Crippen LogP contribution in [0.25, 0.3) is 5.69 Å². The van der Waals surface area contributed by atoms with E-state index >= 15 is 0 Å². The summed E-state index contributed by atoms with van der Waals surface area (Å²) in [6.45, 7) is 7.98. The quantitative estimate of drug-likeness (QED) is 0.784. The molecule has 0 saturated carbocycles. The van der Waals surface area contributed by atoms with E-state index in [-0.39, 0.29) is 5.91 Å². The maximum atomic E-state index is 12.6. The summed E-state index contributed by atoms with van der Waals surface area (Å²) in [7, 11) is 0. The number of rotatable bonds is 4. The van der Waals surface area contributed by atoms with Crippen LogP contribution >= 0.6 is 0 Å². The van der Waals surface area contributed by atoms with Crippen LogP contribution in [0, 0.1) is 20.8 Å². The average molecular weight is 334 g/mol. The van der Waals surface area contributed by atoms with Crippen LogP contribution < -0.4 is 5.32 Å². The zero-order valence-corrected chi connectivity index (χ0v) is 15.0. The number of anilines is 1. The SMILES string of the molecule is CCc1ccc(-n2nnc(C(=O)Nc3cccc(C)c3C)c2C)cc1. The van der Waals surface area contributed by atoms with Gasteiger partial charge in [0.15, 0.2) is 5.69 Å². The second-order valence-electron chi connectivity index (χ2n) is 6.16. The van der Waals surface area contributed by atoms with Crippen LogP contribution in [0.3, 0.4) is 0 Å². The molecule has 1 heterocycles. The monoisotopic (exact) mass is 334 g/mol. The fourth-order valence-electron chi connectivity index (χ4n) is 2.73. The maximum Gasteiger partial charge on any atom is 0.278 e. The van der Waals surface area contributed by atoms with Gasteiger partial charge in [0.1, 0.15) is 0 Å². The fraction of sp³-hybridized carbons (Fsp3) is 0.250. The fourth-order valence-corrected chi connectivity index (χ4v) is 2.73. The molecule has 0 bridgehead atoms. The molecule has 0 aliphatic carbocycles. The zero-order valence-electron chi connectivity index (χ0n) is 15.0. The normalized spacial score (nSPS) is 10.7. The number of aryl methyl sites for hydroxylation is 2. The topological polar surface area (TPSA) is 59.8 Å². The van der Waals surface area contributed by atoms with Gasteiger partial charge in [-0.1, -0.05) is 36.4 Å². The third kappa shape index (κ3) is 3.31. The lowest BCUT2D eigenvalue weighted by molar-refractivity contribution is 0.102. The van der Waals surface area contributed by atoms with E-state index in [1.165, 1.54) is 5.56 Å². The molecule has 1 aromatic heterocycles. The maximum absolute atomic E-state index is 12.6. The van der Waals surface area contributed by atoms with Gasteiger partial charge in [-0.15, -0.1) is 5.10 Å². The summed E-state index contributed by atoms with van der Waals surface area (Å²) in [4.78, 5) is 12.6. The highest BCUT2D eigenvalue weighted by Gasteiger charge is 2.18. The molecular weight excluding hydrogens is 312 g/mol. The Bertz CT molecular complexity index is 910. The van der Waals surface area contributed by atoms with Gasteiger partial charge in [-0.05, 0) is 62.1 Å². The largest absolute Gasteiger partial charge is 0.320 e. The molecule has 2 aromatic carbocycles. The molecule has 0 fully saturated rings. The summed E-state index contributed by atoms with van der Waals surface area (Å²) in [6.07, 6.45) is 0.986. The molecule has 25 heavy (non-hydrogen) atoms. The number of carbonyl (C=O) groups is 1. The Balaban J connectivity index is 1.87. The first kappa shape index (κ1) is 16.9. The van der Waals surface area contributed by atoms with Crippen molar-refractivity contribution in [3.8, 4) is 5.69 Å². The molecule has 5 heteroatoms. The predicted octanol–water partition coefficient (Wildman–Crippen LogP) is 4.01. The van der Waals surface area contributed by atoms with Gasteiger partial charge in [-0.25, -0.2) is 4.68 Å². The smallest absolute Gasteiger partial charge is 0.278 e. The van der Waals surface area contributed by atoms with Crippen LogP contribution in [0.2, 0.25) is 0 Å². The Kier molecular flexibility index (Phi) is 4.65. The predicted molar refractivity (Wildman–Crippen MR) is 99.3 cm³/mol. The highest BCUT2D eigenvalue weighted by molar-refractivity contribution is 6.04. The second kappa shape index (κ2) is 6.89. The minimum absolute atomic E-state index is 0.248. The van der Waals surface area contributed by atoms with E-state index in [1.807, 2.05) is 51.1 Å². The Morgan fingerprint density at radius 3 is 2.48 bits per heavy atom. The van der Waals surface area contributed by atoms with Crippen molar-refractivity contribution in [2.75, 3.05) is 5.32 Å². The average Bonchev–Trinajstić information content (AvgIpc) is 3.00. The van der Waals surface area contributed by atoms with Crippen LogP contribution in [0.1, 0.15) is 39.8 Å². The van der Waals surface area contributed by atoms with Crippen molar-refractivity contribution >= 4 is 11.6 Å². The summed E-state index contributed by atoms with van der Waals surface area (Å²) in [6, 6.07) is 13.9. The van der Waals surface area contributed by atoms with E-state index in [9.17, 15) is 4.79 Å². The molecular formula is C20H22N4O. The van der Waals surface area contributed by atoms with Crippen molar-refractivity contribution in [2.24, 2.45) is 0 Å². The number of nitrogens with one attached hydrogen (secondary N) is 1. The van der Waals surface area contributed by atoms with Gasteiger partial charge in [-0.3, -0.25) is 4.79 Å². The minimum atomic E-state index is -0.248. The second-order valence-corrected chi connectivity index (χ2v) is 6.16. The highest BCUT2D eigenvalue weighted by Crippen LogP contribution is 2.20. The molecule has 1 N–H and O–H groups in total. The first-order chi connectivity index (χ1) is 12.0. The molecule has 0 atom stereocenters. The number of nitrogens with zero attached hydrogens (tertiary/aromatic N) is 3. The molecule has 1 amide bonds. The van der Waals surface area contributed by atoms with Crippen molar-refractivity contribution < 1.29 is 4.79 Å². The van der Waals surface area contributed by atoms with Crippen LogP contribution in [0.15, 0.2) is 42.5 Å². The van der Waals surface area contributed by atoms with E-state index < -0.39 is 0 Å². The van der Waals surface area contributed by atoms with E-state index in [2.05, 4.69) is 34.7 Å². The summed E-state index contributed by atoms with van der Waals surface area (Å²) in [5.74, 6) is -0.248. The molecule has 0 spiro atoms. The molecule has 128 valence electrons. The molecule has 0 unspecified atom stereocenters. The summed E-state index contributed by atoms with van der Waals surface area (Å²) in [5, 5.41) is 11.2. The van der Waals surface area contributed by atoms with Crippen molar-refractivity contribution in [1.29, 1.82) is 0 Å². The molecule has 5 nitrogen and oxygen atoms in total. The summed E-state index contributed by atoms with van der Waals surface area (Å²) in [5.41, 5.74) is 6.19. The third-order valence-corrected chi connectivity index (χ3v) is 4.55. The first-order valence-corrected chi connectivity index (χ1v) is 8.40. The molecule has 0 aliphatic rings. The Labute approximate surface area is 147 Å². The highest BCUT2D eigenvalue weighted by atomic mass is 16.2. The van der Waals surface area contributed by atoms with Crippen LogP contribution in [-0.4, -0.2) is 20.9 Å². The van der Waals surface area contributed by atoms with Crippen LogP contribution in [0.5, 0.6) is 0 Å². The van der Waals surface area contributed by atoms with E-state index in [0.29, 0.717) is 11.4 Å². The lowest BCUT2D eigenvalue weighted by atomic mass is 10.1. The molecule has 0 aliphatic heterocycles. The number of hydrogen-bond acceptors (Lipinski definition) is 3. The number of aromatic nitrogens is 3. The van der Waals surface area contributed by atoms with E-state index in [1.54, 1.807) is 4.68 Å². The van der Waals surface area contributed by atoms with Gasteiger partial charge < -0.3 is 5.32 Å². The number of amides is 1. The van der Waals surface area contributed by atoms with Crippen molar-refractivity contribution in [3.05, 3.63) is 70.5 Å². The number of carbonyl (C=O) groups excluding carboxylic acids is 1. The van der Waals surface area contributed by atoms with Crippen molar-refractivity contribution in [3.63, 3.8) is 0 Å². The standard InChI is InChI=1S/C20H22N4O/c1-5-16-9-11-17(12-10-16)24-15(4)19(22-23-24)20(25)21-18-8-6-7-13(2)14(18)3/h6-12H,5H2,1-4H3,(H,21,25). The lowest BCUT2D eigenvalue weighted by Gasteiger charge is -2.09. The van der Waals surface area contributed by atoms with Gasteiger partial charge in [0, 0.05) is 5.69 Å². The van der Waals surface area contributed by atoms with Gasteiger partial charge in [0.05, 0.1) is 11.4 Å². The van der Waals surface area contributed by atoms with E-state index in [4.69, 9.17) is 0 Å². The third-order valence-electron chi connectivity index (χ3n) is 4.55. The molecule has 3 aromatic rings. The number of benzene rings is 2. The Morgan fingerprint density at radius 2 is 1.80 bits per heavy atom. The molecule has 3 rings (SSSR count). The van der Waals surface area contributed by atoms with E-state index in [0.717, 1.165) is 28.9 Å². The minimum Gasteiger partial charge on any atom is -0.320 e.